The van der Waals surface area contributed by atoms with Crippen molar-refractivity contribution in [1.29, 1.82) is 0 Å². The van der Waals surface area contributed by atoms with E-state index < -0.39 is 17.6 Å². The Morgan fingerprint density at radius 3 is 1.28 bits per heavy atom. The number of allylic oxidation sites excluding steroid dienone is 2. The van der Waals surface area contributed by atoms with Gasteiger partial charge in [-0.05, 0) is 149 Å². The number of halogens is 1. The molecule has 2 unspecified atom stereocenters. The first kappa shape index (κ1) is 57.0. The lowest BCUT2D eigenvalue weighted by molar-refractivity contribution is 1.26. The molecule has 0 fully saturated rings. The fourth-order valence-electron chi connectivity index (χ4n) is 14.6. The van der Waals surface area contributed by atoms with Crippen molar-refractivity contribution in [3.05, 3.63) is 360 Å². The molecule has 92 heavy (non-hydrogen) atoms. The molecule has 1 aromatic heterocycles. The van der Waals surface area contributed by atoms with E-state index in [1.54, 1.807) is 10.4 Å². The van der Waals surface area contributed by atoms with Gasteiger partial charge in [-0.15, -0.1) is 11.3 Å². The number of benzene rings is 14. The van der Waals surface area contributed by atoms with Crippen molar-refractivity contribution in [3.63, 3.8) is 0 Å². The fourth-order valence-corrected chi connectivity index (χ4v) is 23.2. The zero-order valence-corrected chi connectivity index (χ0v) is 55.4. The molecule has 15 aromatic rings. The molecule has 0 saturated heterocycles. The van der Waals surface area contributed by atoms with Crippen molar-refractivity contribution in [2.45, 2.75) is 12.8 Å². The molecule has 14 aromatic carbocycles. The van der Waals surface area contributed by atoms with Gasteiger partial charge in [0, 0.05) is 58.8 Å². The van der Waals surface area contributed by atoms with E-state index in [1.807, 2.05) is 84.1 Å². The quantitative estimate of drug-likeness (QED) is 0.159. The maximum atomic E-state index is 3.77. The van der Waals surface area contributed by atoms with E-state index in [1.165, 1.54) is 130 Å². The lowest BCUT2D eigenvalue weighted by Gasteiger charge is -2.40. The Kier molecular flexibility index (Phi) is 15.6. The van der Waals surface area contributed by atoms with Gasteiger partial charge >= 0.3 is 0 Å². The monoisotopic (exact) mass is 1290 g/mol. The van der Waals surface area contributed by atoms with Crippen LogP contribution in [0.1, 0.15) is 22.3 Å². The van der Waals surface area contributed by atoms with Gasteiger partial charge in [-0.25, -0.2) is 0 Å². The van der Waals surface area contributed by atoms with Crippen molar-refractivity contribution in [1.82, 2.24) is 0 Å². The Morgan fingerprint density at radius 1 is 0.348 bits per heavy atom. The highest BCUT2D eigenvalue weighted by Gasteiger charge is 2.39. The fraction of sp³-hybridized carbons (Fsp3) is 0.0233. The number of anilines is 6. The summed E-state index contributed by atoms with van der Waals surface area (Å²) in [6.07, 6.45) is 11.3. The summed E-state index contributed by atoms with van der Waals surface area (Å²) < 4.78 is 3.81. The number of fused-ring (bicyclic) bond motifs is 9. The third kappa shape index (κ3) is 10.5. The molecule has 2 aliphatic heterocycles. The molecule has 438 valence electrons. The van der Waals surface area contributed by atoms with Crippen LogP contribution in [-0.4, -0.2) is 17.6 Å². The van der Waals surface area contributed by atoms with Crippen LogP contribution in [0.25, 0.3) is 65.0 Å². The van der Waals surface area contributed by atoms with Crippen LogP contribution >= 0.6 is 27.3 Å². The minimum atomic E-state index is -1.85. The molecule has 2 aliphatic carbocycles. The van der Waals surface area contributed by atoms with Crippen LogP contribution < -0.4 is 40.9 Å². The number of hydrogen-bond donors (Lipinski definition) is 0. The Hall–Kier alpha value is -10.2. The van der Waals surface area contributed by atoms with Gasteiger partial charge in [0.25, 0.3) is 0 Å². The van der Waals surface area contributed by atoms with E-state index in [2.05, 4.69) is 299 Å². The number of nitrogens with zero attached hydrogens (tertiary/aromatic N) is 2. The van der Waals surface area contributed by atoms with Crippen LogP contribution in [0.3, 0.4) is 0 Å². The summed E-state index contributed by atoms with van der Waals surface area (Å²) in [5, 5.41) is 17.2. The standard InChI is InChI=1S/C43H29NSSi.C31H22BrNSi.2C6H6/c1-3-15-31(16-4-1)44-37-26-29(33-20-11-21-35-34-19-7-8-23-39(34)45-42(33)35)24-25-40(37)46(32-17-5-2-6-18-32)43-36-22-10-13-28-12-9-14-30(41(28)36)27-38(43)44;32-23-17-18-29-27(20-23)33(24-12-3-1-4-13-24)28-19-22-11-7-9-21-10-8-16-26(30(21)22)31(28)34(29)25-14-5-2-6-15-25;2*1-2-4-6-5-3-1/h1-21,23-27,46H,22H2;1-15,17-20,34H,16H2;2*1-6H. The molecule has 0 spiro atoms. The van der Waals surface area contributed by atoms with Crippen LogP contribution in [0.15, 0.2) is 338 Å². The van der Waals surface area contributed by atoms with Crippen LogP contribution in [-0.2, 0) is 12.8 Å². The molecule has 4 aliphatic rings. The predicted octanol–water partition coefficient (Wildman–Crippen LogP) is 19.1. The summed E-state index contributed by atoms with van der Waals surface area (Å²) in [4.78, 5) is 5.05. The lowest BCUT2D eigenvalue weighted by atomic mass is 9.91. The average molecular weight is 1290 g/mol. The van der Waals surface area contributed by atoms with Gasteiger partial charge in [-0.3, -0.25) is 0 Å². The van der Waals surface area contributed by atoms with E-state index >= 15 is 0 Å². The third-order valence-corrected chi connectivity index (χ3v) is 26.9. The first-order valence-electron chi connectivity index (χ1n) is 31.8. The summed E-state index contributed by atoms with van der Waals surface area (Å²) in [5.74, 6) is 0. The first-order chi connectivity index (χ1) is 45.6. The molecular formula is C86H63BrN2SSi2. The molecular weight excluding hydrogens is 1230 g/mol. The number of thiophene rings is 1. The van der Waals surface area contributed by atoms with Gasteiger partial charge in [0.2, 0.25) is 0 Å². The Labute approximate surface area is 554 Å². The minimum Gasteiger partial charge on any atom is -0.311 e. The first-order valence-corrected chi connectivity index (χ1v) is 36.8. The second-order valence-electron chi connectivity index (χ2n) is 23.8. The average Bonchev–Trinajstić information content (AvgIpc) is 0.845. The molecule has 0 N–H and O–H groups in total. The van der Waals surface area contributed by atoms with Crippen LogP contribution in [0.2, 0.25) is 0 Å². The van der Waals surface area contributed by atoms with Crippen molar-refractivity contribution in [2.75, 3.05) is 9.80 Å². The van der Waals surface area contributed by atoms with E-state index in [4.69, 9.17) is 0 Å². The number of para-hydroxylation sites is 2. The van der Waals surface area contributed by atoms with Crippen LogP contribution in [0, 0.1) is 0 Å². The van der Waals surface area contributed by atoms with Crippen LogP contribution in [0.4, 0.5) is 34.1 Å². The molecule has 2 atom stereocenters. The molecule has 0 bridgehead atoms. The largest absolute Gasteiger partial charge is 0.311 e. The Balaban J connectivity index is 0.000000127. The normalized spacial score (nSPS) is 14.4. The van der Waals surface area contributed by atoms with Crippen molar-refractivity contribution < 1.29 is 0 Å². The van der Waals surface area contributed by atoms with Crippen LogP contribution in [0.5, 0.6) is 0 Å². The second kappa shape index (κ2) is 25.2. The van der Waals surface area contributed by atoms with Crippen molar-refractivity contribution in [3.8, 4) is 11.1 Å². The highest BCUT2D eigenvalue weighted by Crippen LogP contribution is 2.46. The number of rotatable bonds is 5. The van der Waals surface area contributed by atoms with E-state index in [0.717, 1.165) is 17.3 Å². The zero-order valence-electron chi connectivity index (χ0n) is 50.7. The van der Waals surface area contributed by atoms with Gasteiger partial charge in [0.05, 0.1) is 0 Å². The zero-order chi connectivity index (χ0) is 61.3. The van der Waals surface area contributed by atoms with E-state index in [9.17, 15) is 0 Å². The summed E-state index contributed by atoms with van der Waals surface area (Å²) in [5.41, 5.74) is 16.0. The maximum Gasteiger partial charge on any atom is 0.138 e. The second-order valence-corrected chi connectivity index (χ2v) is 31.2. The SMILES string of the molecule is Brc1ccc2c(c1)N(c1ccccc1)c1cc3cccc4c3c(c1[SiH]2c1ccccc1)CC=C4.C1=Cc2cccc3cc4c(c(c23)C1)[SiH](c1ccccc1)c1ccc(-c2cccc3c2sc2ccccc23)cc1N4c1ccccc1.c1ccccc1.c1ccccc1. The molecule has 3 heterocycles. The summed E-state index contributed by atoms with van der Waals surface area (Å²) in [7, 11) is -3.56. The van der Waals surface area contributed by atoms with Crippen molar-refractivity contribution in [2.24, 2.45) is 0 Å². The maximum absolute atomic E-state index is 3.77. The highest BCUT2D eigenvalue weighted by atomic mass is 79.9. The molecule has 0 saturated carbocycles. The van der Waals surface area contributed by atoms with E-state index in [0.29, 0.717) is 0 Å². The van der Waals surface area contributed by atoms with E-state index in [-0.39, 0.29) is 0 Å². The van der Waals surface area contributed by atoms with Gasteiger partial charge in [-0.1, -0.05) is 311 Å². The summed E-state index contributed by atoms with van der Waals surface area (Å²) in [6.45, 7) is 0. The summed E-state index contributed by atoms with van der Waals surface area (Å²) >= 11 is 5.68. The van der Waals surface area contributed by atoms with Crippen molar-refractivity contribution >= 4 is 164 Å². The molecule has 0 amide bonds. The molecule has 0 radical (unpaired) electrons. The summed E-state index contributed by atoms with van der Waals surface area (Å²) in [6, 6.07) is 117. The highest BCUT2D eigenvalue weighted by molar-refractivity contribution is 9.10. The third-order valence-electron chi connectivity index (χ3n) is 18.4. The smallest absolute Gasteiger partial charge is 0.138 e. The van der Waals surface area contributed by atoms with Gasteiger partial charge in [-0.2, -0.15) is 0 Å². The van der Waals surface area contributed by atoms with Gasteiger partial charge < -0.3 is 9.80 Å². The lowest BCUT2D eigenvalue weighted by Crippen LogP contribution is -2.58. The molecule has 2 nitrogen and oxygen atoms in total. The molecule has 6 heteroatoms. The Bertz CT molecular complexity index is 5170. The minimum absolute atomic E-state index is 0.969. The Morgan fingerprint density at radius 2 is 0.772 bits per heavy atom. The predicted molar refractivity (Wildman–Crippen MR) is 407 cm³/mol. The molecule has 19 rings (SSSR count). The topological polar surface area (TPSA) is 6.48 Å². The van der Waals surface area contributed by atoms with Gasteiger partial charge in [0.15, 0.2) is 0 Å². The van der Waals surface area contributed by atoms with Gasteiger partial charge in [0.1, 0.15) is 17.6 Å². The number of hydrogen-bond acceptors (Lipinski definition) is 3.